The van der Waals surface area contributed by atoms with Crippen LogP contribution in [0, 0.1) is 6.92 Å². The van der Waals surface area contributed by atoms with E-state index in [2.05, 4.69) is 20.8 Å². The number of nitrogens with one attached hydrogen (secondary N) is 2. The third kappa shape index (κ3) is 4.81. The highest BCUT2D eigenvalue weighted by molar-refractivity contribution is 6.30. The lowest BCUT2D eigenvalue weighted by molar-refractivity contribution is 0.245. The molecule has 2 N–H and O–H groups in total. The van der Waals surface area contributed by atoms with Gasteiger partial charge in [-0.2, -0.15) is 0 Å². The molecule has 0 aliphatic heterocycles. The number of nitrogens with zero attached hydrogens (tertiary/aromatic N) is 2. The van der Waals surface area contributed by atoms with Gasteiger partial charge in [0, 0.05) is 24.1 Å². The lowest BCUT2D eigenvalue weighted by Gasteiger charge is -2.16. The average Bonchev–Trinajstić information content (AvgIpc) is 3.02. The van der Waals surface area contributed by atoms with E-state index in [4.69, 9.17) is 16.0 Å². The first-order valence-electron chi connectivity index (χ1n) is 7.77. The van der Waals surface area contributed by atoms with E-state index in [9.17, 15) is 4.79 Å². The normalized spacial score (nSPS) is 11.8. The van der Waals surface area contributed by atoms with Crippen molar-refractivity contribution < 1.29 is 9.21 Å². The summed E-state index contributed by atoms with van der Waals surface area (Å²) in [6, 6.07) is 15.9. The molecule has 25 heavy (non-hydrogen) atoms. The Morgan fingerprint density at radius 3 is 2.64 bits per heavy atom. The molecule has 0 saturated heterocycles. The Kier molecular flexibility index (Phi) is 5.30. The summed E-state index contributed by atoms with van der Waals surface area (Å²) in [4.78, 5) is 12.3. The number of halogens is 1. The molecule has 3 aromatic rings. The van der Waals surface area contributed by atoms with Gasteiger partial charge in [0.1, 0.15) is 6.04 Å². The van der Waals surface area contributed by atoms with Crippen molar-refractivity contribution in [1.82, 2.24) is 15.5 Å². The standard InChI is InChI=1S/C18H17ClN4O2/c1-12-22-23-17(25-12)16(10-13-6-3-2-4-7-13)21-18(24)20-15-9-5-8-14(19)11-15/h2-9,11,16H,10H2,1H3,(H2,20,21,24). The van der Waals surface area contributed by atoms with Crippen molar-refractivity contribution in [3.05, 3.63) is 77.0 Å². The molecular weight excluding hydrogens is 340 g/mol. The van der Waals surface area contributed by atoms with Gasteiger partial charge in [-0.25, -0.2) is 4.79 Å². The summed E-state index contributed by atoms with van der Waals surface area (Å²) in [6.07, 6.45) is 0.533. The molecule has 1 aromatic heterocycles. The first-order chi connectivity index (χ1) is 12.1. The van der Waals surface area contributed by atoms with Crippen LogP contribution in [-0.2, 0) is 6.42 Å². The summed E-state index contributed by atoms with van der Waals surface area (Å²) >= 11 is 5.94. The number of carbonyl (C=O) groups excluding carboxylic acids is 1. The van der Waals surface area contributed by atoms with Crippen molar-refractivity contribution in [3.8, 4) is 0 Å². The summed E-state index contributed by atoms with van der Waals surface area (Å²) in [5.74, 6) is 0.813. The summed E-state index contributed by atoms with van der Waals surface area (Å²) in [5, 5.41) is 14.1. The molecule has 0 bridgehead atoms. The monoisotopic (exact) mass is 356 g/mol. The molecule has 2 amide bonds. The second kappa shape index (κ2) is 7.81. The minimum Gasteiger partial charge on any atom is -0.423 e. The molecule has 0 aliphatic rings. The van der Waals surface area contributed by atoms with Gasteiger partial charge in [-0.1, -0.05) is 48.0 Å². The van der Waals surface area contributed by atoms with Crippen LogP contribution in [-0.4, -0.2) is 16.2 Å². The van der Waals surface area contributed by atoms with Gasteiger partial charge in [-0.05, 0) is 23.8 Å². The fraction of sp³-hybridized carbons (Fsp3) is 0.167. The van der Waals surface area contributed by atoms with Crippen LogP contribution in [0.4, 0.5) is 10.5 Å². The highest BCUT2D eigenvalue weighted by Gasteiger charge is 2.21. The summed E-state index contributed by atoms with van der Waals surface area (Å²) < 4.78 is 5.50. The van der Waals surface area contributed by atoms with Gasteiger partial charge in [-0.3, -0.25) is 0 Å². The molecule has 1 unspecified atom stereocenters. The Labute approximate surface area is 150 Å². The number of hydrogen-bond donors (Lipinski definition) is 2. The number of benzene rings is 2. The van der Waals surface area contributed by atoms with Crippen molar-refractivity contribution in [3.63, 3.8) is 0 Å². The third-order valence-electron chi connectivity index (χ3n) is 3.51. The Morgan fingerprint density at radius 1 is 1.16 bits per heavy atom. The maximum Gasteiger partial charge on any atom is 0.319 e. The van der Waals surface area contributed by atoms with Gasteiger partial charge in [-0.15, -0.1) is 10.2 Å². The lowest BCUT2D eigenvalue weighted by Crippen LogP contribution is -2.34. The van der Waals surface area contributed by atoms with E-state index in [0.29, 0.717) is 28.9 Å². The molecule has 0 aliphatic carbocycles. The quantitative estimate of drug-likeness (QED) is 0.720. The van der Waals surface area contributed by atoms with Crippen molar-refractivity contribution >= 4 is 23.3 Å². The number of carbonyl (C=O) groups is 1. The zero-order valence-electron chi connectivity index (χ0n) is 13.6. The Hall–Kier alpha value is -2.86. The van der Waals surface area contributed by atoms with Crippen LogP contribution >= 0.6 is 11.6 Å². The number of aryl methyl sites for hydroxylation is 1. The zero-order chi connectivity index (χ0) is 17.6. The van der Waals surface area contributed by atoms with E-state index in [1.807, 2.05) is 30.3 Å². The van der Waals surface area contributed by atoms with Gasteiger partial charge in [0.25, 0.3) is 0 Å². The number of aromatic nitrogens is 2. The van der Waals surface area contributed by atoms with Gasteiger partial charge in [0.05, 0.1) is 0 Å². The summed E-state index contributed by atoms with van der Waals surface area (Å²) in [5.41, 5.74) is 1.65. The number of amides is 2. The van der Waals surface area contributed by atoms with Crippen molar-refractivity contribution in [2.75, 3.05) is 5.32 Å². The lowest BCUT2D eigenvalue weighted by atomic mass is 10.1. The highest BCUT2D eigenvalue weighted by Crippen LogP contribution is 2.19. The predicted octanol–water partition coefficient (Wildman–Crippen LogP) is 4.14. The number of rotatable bonds is 5. The fourth-order valence-corrected chi connectivity index (χ4v) is 2.58. The maximum atomic E-state index is 12.3. The van der Waals surface area contributed by atoms with Crippen molar-refractivity contribution in [1.29, 1.82) is 0 Å². The van der Waals surface area contributed by atoms with Crippen LogP contribution in [0.15, 0.2) is 59.0 Å². The van der Waals surface area contributed by atoms with E-state index in [1.54, 1.807) is 31.2 Å². The van der Waals surface area contributed by atoms with Gasteiger partial charge < -0.3 is 15.1 Å². The molecule has 1 atom stereocenters. The second-order valence-corrected chi connectivity index (χ2v) is 5.95. The molecule has 6 nitrogen and oxygen atoms in total. The largest absolute Gasteiger partial charge is 0.423 e. The zero-order valence-corrected chi connectivity index (χ0v) is 14.3. The minimum absolute atomic E-state index is 0.364. The summed E-state index contributed by atoms with van der Waals surface area (Å²) in [7, 11) is 0. The second-order valence-electron chi connectivity index (χ2n) is 5.51. The van der Waals surface area contributed by atoms with Gasteiger partial charge >= 0.3 is 6.03 Å². The molecule has 0 saturated carbocycles. The van der Waals surface area contributed by atoms with Gasteiger partial charge in [0.2, 0.25) is 11.8 Å². The molecule has 2 aromatic carbocycles. The molecular formula is C18H17ClN4O2. The van der Waals surface area contributed by atoms with Crippen LogP contribution in [0.25, 0.3) is 0 Å². The SMILES string of the molecule is Cc1nnc(C(Cc2ccccc2)NC(=O)Nc2cccc(Cl)c2)o1. The van der Waals surface area contributed by atoms with E-state index in [-0.39, 0.29) is 6.03 Å². The van der Waals surface area contributed by atoms with Crippen molar-refractivity contribution in [2.45, 2.75) is 19.4 Å². The van der Waals surface area contributed by atoms with Crippen LogP contribution in [0.5, 0.6) is 0 Å². The molecule has 7 heteroatoms. The minimum atomic E-state index is -0.442. The molecule has 0 radical (unpaired) electrons. The topological polar surface area (TPSA) is 80.0 Å². The number of anilines is 1. The Balaban J connectivity index is 1.73. The Morgan fingerprint density at radius 2 is 1.96 bits per heavy atom. The third-order valence-corrected chi connectivity index (χ3v) is 3.75. The van der Waals surface area contributed by atoms with E-state index < -0.39 is 6.04 Å². The highest BCUT2D eigenvalue weighted by atomic mass is 35.5. The van der Waals surface area contributed by atoms with E-state index >= 15 is 0 Å². The van der Waals surface area contributed by atoms with Crippen molar-refractivity contribution in [2.24, 2.45) is 0 Å². The van der Waals surface area contributed by atoms with E-state index in [1.165, 1.54) is 0 Å². The number of hydrogen-bond acceptors (Lipinski definition) is 4. The van der Waals surface area contributed by atoms with E-state index in [0.717, 1.165) is 5.56 Å². The smallest absolute Gasteiger partial charge is 0.319 e. The van der Waals surface area contributed by atoms with Crippen LogP contribution < -0.4 is 10.6 Å². The number of urea groups is 1. The molecule has 3 rings (SSSR count). The first kappa shape index (κ1) is 17.0. The van der Waals surface area contributed by atoms with Crippen LogP contribution in [0.1, 0.15) is 23.4 Å². The fourth-order valence-electron chi connectivity index (χ4n) is 2.39. The predicted molar refractivity (Wildman–Crippen MR) is 95.5 cm³/mol. The molecule has 0 spiro atoms. The average molecular weight is 357 g/mol. The summed E-state index contributed by atoms with van der Waals surface area (Å²) in [6.45, 7) is 1.71. The molecule has 0 fully saturated rings. The Bertz CT molecular complexity index is 851. The van der Waals surface area contributed by atoms with Crippen LogP contribution in [0.3, 0.4) is 0 Å². The maximum absolute atomic E-state index is 12.3. The first-order valence-corrected chi connectivity index (χ1v) is 8.15. The van der Waals surface area contributed by atoms with Crippen LogP contribution in [0.2, 0.25) is 5.02 Å². The molecule has 128 valence electrons. The van der Waals surface area contributed by atoms with Gasteiger partial charge in [0.15, 0.2) is 0 Å². The molecule has 1 heterocycles.